The van der Waals surface area contributed by atoms with Gasteiger partial charge >= 0.3 is 5.97 Å². The topological polar surface area (TPSA) is 121 Å². The van der Waals surface area contributed by atoms with Crippen LogP contribution in [0.4, 0.5) is 0 Å². The van der Waals surface area contributed by atoms with Crippen LogP contribution in [0.5, 0.6) is 0 Å². The molecule has 0 aliphatic rings. The summed E-state index contributed by atoms with van der Waals surface area (Å²) in [5.74, 6) is -0.591. The van der Waals surface area contributed by atoms with Crippen molar-refractivity contribution in [3.05, 3.63) is 59.0 Å². The third-order valence-electron chi connectivity index (χ3n) is 5.09. The molecular weight excluding hydrogens is 474 g/mol. The van der Waals surface area contributed by atoms with E-state index in [1.165, 1.54) is 0 Å². The van der Waals surface area contributed by atoms with Crippen molar-refractivity contribution in [1.82, 2.24) is 9.55 Å². The van der Waals surface area contributed by atoms with Crippen molar-refractivity contribution in [2.75, 3.05) is 6.61 Å². The number of rotatable bonds is 11. The van der Waals surface area contributed by atoms with E-state index in [4.69, 9.17) is 9.88 Å². The smallest absolute Gasteiger partial charge is 0.339 e. The zero-order valence-corrected chi connectivity index (χ0v) is 21.1. The molecule has 0 aliphatic heterocycles. The molecule has 0 fully saturated rings. The number of carbonyl (C=O) groups is 2. The van der Waals surface area contributed by atoms with Gasteiger partial charge in [-0.15, -0.1) is 11.3 Å². The van der Waals surface area contributed by atoms with Gasteiger partial charge in [0.15, 0.2) is 5.78 Å². The second kappa shape index (κ2) is 11.1. The predicted molar refractivity (Wildman–Crippen MR) is 131 cm³/mol. The largest absolute Gasteiger partial charge is 0.462 e. The highest BCUT2D eigenvalue weighted by atomic mass is 32.2. The monoisotopic (exact) mass is 503 g/mol. The number of Topliss-reactive ketones (excluding diaryl/α,β-unsaturated/α-hetero) is 1. The first-order valence-electron chi connectivity index (χ1n) is 11.1. The molecule has 3 aromatic rings. The van der Waals surface area contributed by atoms with Gasteiger partial charge in [0.25, 0.3) is 0 Å². The van der Waals surface area contributed by atoms with Crippen molar-refractivity contribution >= 4 is 33.1 Å². The number of esters is 1. The highest BCUT2D eigenvalue weighted by molar-refractivity contribution is 7.91. The lowest BCUT2D eigenvalue weighted by Gasteiger charge is -2.11. The molecule has 0 unspecified atom stereocenters. The van der Waals surface area contributed by atoms with Crippen LogP contribution in [0.1, 0.15) is 59.2 Å². The van der Waals surface area contributed by atoms with Crippen LogP contribution in [-0.2, 0) is 27.7 Å². The number of hydrogen-bond donors (Lipinski definition) is 1. The minimum Gasteiger partial charge on any atom is -0.462 e. The molecule has 0 saturated heterocycles. The van der Waals surface area contributed by atoms with E-state index >= 15 is 0 Å². The van der Waals surface area contributed by atoms with Crippen molar-refractivity contribution in [1.29, 1.82) is 0 Å². The molecule has 2 aromatic heterocycles. The van der Waals surface area contributed by atoms with E-state index in [0.717, 1.165) is 17.8 Å². The number of primary sulfonamides is 1. The maximum Gasteiger partial charge on any atom is 0.339 e. The molecule has 3 rings (SSSR count). The molecule has 0 saturated carbocycles. The molecule has 0 amide bonds. The third-order valence-corrected chi connectivity index (χ3v) is 7.77. The summed E-state index contributed by atoms with van der Waals surface area (Å²) in [5, 5.41) is 5.57. The fraction of sp³-hybridized carbons (Fsp3) is 0.375. The average Bonchev–Trinajstić information content (AvgIpc) is 3.41. The van der Waals surface area contributed by atoms with E-state index in [1.54, 1.807) is 47.6 Å². The summed E-state index contributed by atoms with van der Waals surface area (Å²) in [7, 11) is -4.14. The predicted octanol–water partition coefficient (Wildman–Crippen LogP) is 4.30. The molecule has 182 valence electrons. The number of aromatic nitrogens is 2. The number of carbonyl (C=O) groups excluding carboxylic acids is 2. The molecule has 0 radical (unpaired) electrons. The van der Waals surface area contributed by atoms with E-state index < -0.39 is 16.0 Å². The van der Waals surface area contributed by atoms with Crippen LogP contribution in [0.25, 0.3) is 11.1 Å². The molecule has 2 N–H and O–H groups in total. The highest BCUT2D eigenvalue weighted by Gasteiger charge is 2.31. The van der Waals surface area contributed by atoms with Gasteiger partial charge in [-0.1, -0.05) is 45.4 Å². The lowest BCUT2D eigenvalue weighted by molar-refractivity contribution is 0.0499. The molecule has 34 heavy (non-hydrogen) atoms. The lowest BCUT2D eigenvalue weighted by atomic mass is 9.97. The number of thiophene rings is 1. The van der Waals surface area contributed by atoms with Crippen LogP contribution in [-0.4, -0.2) is 36.3 Å². The molecule has 0 atom stereocenters. The van der Waals surface area contributed by atoms with Gasteiger partial charge in [-0.2, -0.15) is 0 Å². The number of sulfonamides is 1. The second-order valence-electron chi connectivity index (χ2n) is 8.43. The van der Waals surface area contributed by atoms with Crippen LogP contribution in [0.15, 0.2) is 47.2 Å². The fourth-order valence-electron chi connectivity index (χ4n) is 3.52. The average molecular weight is 504 g/mol. The molecule has 1 aromatic carbocycles. The SMILES string of the molecule is CCCCOC(=O)c1c(CC(C)C)sc(S(N)(=O)=O)c1-c1cccc(C(=O)Cn2ccnc2)c1. The Hall–Kier alpha value is -2.82. The fourth-order valence-corrected chi connectivity index (χ4v) is 6.04. The van der Waals surface area contributed by atoms with E-state index in [0.29, 0.717) is 28.8 Å². The minimum atomic E-state index is -4.14. The number of imidazole rings is 1. The van der Waals surface area contributed by atoms with Gasteiger partial charge in [-0.3, -0.25) is 4.79 Å². The molecular formula is C24H29N3O5S2. The van der Waals surface area contributed by atoms with E-state index in [1.807, 2.05) is 20.8 Å². The van der Waals surface area contributed by atoms with Crippen molar-refractivity contribution in [3.63, 3.8) is 0 Å². The van der Waals surface area contributed by atoms with Crippen LogP contribution in [0.2, 0.25) is 0 Å². The Bertz CT molecular complexity index is 1260. The molecule has 0 spiro atoms. The Labute approximate surface area is 203 Å². The maximum atomic E-state index is 13.2. The Morgan fingerprint density at radius 1 is 1.26 bits per heavy atom. The van der Waals surface area contributed by atoms with E-state index in [2.05, 4.69) is 4.98 Å². The second-order valence-corrected chi connectivity index (χ2v) is 11.3. The summed E-state index contributed by atoms with van der Waals surface area (Å²) in [6, 6.07) is 6.58. The van der Waals surface area contributed by atoms with Gasteiger partial charge in [-0.25, -0.2) is 23.3 Å². The Balaban J connectivity index is 2.14. The summed E-state index contributed by atoms with van der Waals surface area (Å²) in [6.07, 6.45) is 6.85. The Morgan fingerprint density at radius 2 is 2.03 bits per heavy atom. The normalized spacial score (nSPS) is 11.7. The molecule has 2 heterocycles. The van der Waals surface area contributed by atoms with Gasteiger partial charge < -0.3 is 9.30 Å². The number of unbranched alkanes of at least 4 members (excludes halogenated alkanes) is 1. The van der Waals surface area contributed by atoms with Gasteiger partial charge in [-0.05, 0) is 30.4 Å². The van der Waals surface area contributed by atoms with E-state index in [9.17, 15) is 18.0 Å². The van der Waals surface area contributed by atoms with Gasteiger partial charge in [0.1, 0.15) is 4.21 Å². The Morgan fingerprint density at radius 3 is 2.65 bits per heavy atom. The summed E-state index contributed by atoms with van der Waals surface area (Å²) >= 11 is 0.991. The Kier molecular flexibility index (Phi) is 8.40. The quantitative estimate of drug-likeness (QED) is 0.237. The van der Waals surface area contributed by atoms with Crippen molar-refractivity contribution < 1.29 is 22.7 Å². The zero-order chi connectivity index (χ0) is 24.9. The summed E-state index contributed by atoms with van der Waals surface area (Å²) in [6.45, 7) is 6.27. The third kappa shape index (κ3) is 6.19. The van der Waals surface area contributed by atoms with Crippen molar-refractivity contribution in [2.24, 2.45) is 11.1 Å². The number of nitrogens with zero attached hydrogens (tertiary/aromatic N) is 2. The molecule has 10 heteroatoms. The summed E-state index contributed by atoms with van der Waals surface area (Å²) in [5.41, 5.74) is 1.21. The first-order valence-corrected chi connectivity index (χ1v) is 13.4. The minimum absolute atomic E-state index is 0.0830. The first kappa shape index (κ1) is 25.8. The highest BCUT2D eigenvalue weighted by Crippen LogP contribution is 2.41. The van der Waals surface area contributed by atoms with Crippen LogP contribution >= 0.6 is 11.3 Å². The summed E-state index contributed by atoms with van der Waals surface area (Å²) < 4.78 is 32.1. The van der Waals surface area contributed by atoms with Crippen molar-refractivity contribution in [2.45, 2.75) is 50.8 Å². The summed E-state index contributed by atoms with van der Waals surface area (Å²) in [4.78, 5) is 30.5. The van der Waals surface area contributed by atoms with Crippen LogP contribution < -0.4 is 5.14 Å². The van der Waals surface area contributed by atoms with Gasteiger partial charge in [0.05, 0.1) is 25.0 Å². The van der Waals surface area contributed by atoms with Gasteiger partial charge in [0, 0.05) is 28.4 Å². The van der Waals surface area contributed by atoms with Gasteiger partial charge in [0.2, 0.25) is 10.0 Å². The molecule has 8 nitrogen and oxygen atoms in total. The zero-order valence-electron chi connectivity index (χ0n) is 19.5. The molecule has 0 aliphatic carbocycles. The number of nitrogens with two attached hydrogens (primary N) is 1. The lowest BCUT2D eigenvalue weighted by Crippen LogP contribution is -2.14. The number of ketones is 1. The number of ether oxygens (including phenoxy) is 1. The first-order chi connectivity index (χ1) is 16.1. The van der Waals surface area contributed by atoms with Crippen LogP contribution in [0.3, 0.4) is 0 Å². The van der Waals surface area contributed by atoms with E-state index in [-0.39, 0.29) is 40.2 Å². The number of hydrogen-bond acceptors (Lipinski definition) is 7. The van der Waals surface area contributed by atoms with Crippen molar-refractivity contribution in [3.8, 4) is 11.1 Å². The number of benzene rings is 1. The molecule has 0 bridgehead atoms. The maximum absolute atomic E-state index is 13.2. The van der Waals surface area contributed by atoms with Crippen LogP contribution in [0, 0.1) is 5.92 Å². The standard InChI is InChI=1S/C24H29N3O5S2/c1-4-5-11-32-23(29)22-20(12-16(2)3)33-24(34(25,30)31)21(22)18-8-6-7-17(13-18)19(28)14-27-10-9-26-15-27/h6-10,13,15-16H,4-5,11-12,14H2,1-3H3,(H2,25,30,31).